The first-order chi connectivity index (χ1) is 15.1. The fraction of sp³-hybridized carbons (Fsp3) is 0.333. The molecule has 4 aromatic rings. The Morgan fingerprint density at radius 3 is 2.55 bits per heavy atom. The molecule has 7 nitrogen and oxygen atoms in total. The van der Waals surface area contributed by atoms with Crippen molar-refractivity contribution in [3.8, 4) is 0 Å². The van der Waals surface area contributed by atoms with Crippen LogP contribution in [-0.2, 0) is 24.2 Å². The number of nitrogens with one attached hydrogen (secondary N) is 1. The Hall–Kier alpha value is -3.48. The van der Waals surface area contributed by atoms with E-state index in [9.17, 15) is 9.59 Å². The summed E-state index contributed by atoms with van der Waals surface area (Å²) in [6.07, 6.45) is 2.37. The van der Waals surface area contributed by atoms with E-state index >= 15 is 0 Å². The summed E-state index contributed by atoms with van der Waals surface area (Å²) in [7, 11) is 0. The number of nitrogens with zero attached hydrogens (tertiary/aromatic N) is 4. The number of fused-ring (bicyclic) bond motifs is 3. The first kappa shape index (κ1) is 20.8. The molecule has 0 bridgehead atoms. The Morgan fingerprint density at radius 2 is 1.77 bits per heavy atom. The van der Waals surface area contributed by atoms with E-state index in [-0.39, 0.29) is 17.5 Å². The van der Waals surface area contributed by atoms with Crippen molar-refractivity contribution in [2.45, 2.75) is 52.1 Å². The Kier molecular flexibility index (Phi) is 6.11. The summed E-state index contributed by atoms with van der Waals surface area (Å²) in [4.78, 5) is 25.5. The molecule has 7 heteroatoms. The lowest BCUT2D eigenvalue weighted by Crippen LogP contribution is -2.32. The number of hydrogen-bond donors (Lipinski definition) is 1. The Balaban J connectivity index is 1.70. The first-order valence-corrected chi connectivity index (χ1v) is 10.8. The smallest absolute Gasteiger partial charge is 0.262 e. The average Bonchev–Trinajstić information content (AvgIpc) is 3.22. The van der Waals surface area contributed by atoms with Gasteiger partial charge in [-0.1, -0.05) is 49.4 Å². The summed E-state index contributed by atoms with van der Waals surface area (Å²) in [6.45, 7) is 4.53. The second-order valence-electron chi connectivity index (χ2n) is 7.84. The molecule has 1 amide bonds. The average molecular weight is 418 g/mol. The Labute approximate surface area is 180 Å². The second kappa shape index (κ2) is 9.12. The van der Waals surface area contributed by atoms with Crippen LogP contribution in [-0.4, -0.2) is 31.1 Å². The number of carbonyl (C=O) groups excluding carboxylic acids is 1. The van der Waals surface area contributed by atoms with Crippen LogP contribution >= 0.6 is 0 Å². The molecule has 2 heterocycles. The van der Waals surface area contributed by atoms with Crippen LogP contribution in [0.5, 0.6) is 0 Å². The SMILES string of the molecule is CC[C@H](C)NC(=O)CCc1nnc2n(CCc3ccccc3)c(=O)c3ccccc3n12. The van der Waals surface area contributed by atoms with Gasteiger partial charge in [-0.3, -0.25) is 18.6 Å². The van der Waals surface area contributed by atoms with Crippen LogP contribution < -0.4 is 10.9 Å². The van der Waals surface area contributed by atoms with Gasteiger partial charge in [-0.05, 0) is 37.5 Å². The molecule has 2 aromatic carbocycles. The van der Waals surface area contributed by atoms with Crippen LogP contribution in [0.25, 0.3) is 16.7 Å². The highest BCUT2D eigenvalue weighted by atomic mass is 16.1. The lowest BCUT2D eigenvalue weighted by Gasteiger charge is -2.12. The summed E-state index contributed by atoms with van der Waals surface area (Å²) < 4.78 is 3.60. The molecule has 0 unspecified atom stereocenters. The number of benzene rings is 2. The van der Waals surface area contributed by atoms with Crippen molar-refractivity contribution in [2.24, 2.45) is 0 Å². The van der Waals surface area contributed by atoms with Crippen molar-refractivity contribution in [1.29, 1.82) is 0 Å². The van der Waals surface area contributed by atoms with E-state index in [4.69, 9.17) is 0 Å². The van der Waals surface area contributed by atoms with Crippen molar-refractivity contribution >= 4 is 22.6 Å². The first-order valence-electron chi connectivity index (χ1n) is 10.8. The normalized spacial score (nSPS) is 12.3. The third-order valence-electron chi connectivity index (χ3n) is 5.64. The number of hydrogen-bond acceptors (Lipinski definition) is 4. The maximum Gasteiger partial charge on any atom is 0.262 e. The van der Waals surface area contributed by atoms with Crippen molar-refractivity contribution in [3.63, 3.8) is 0 Å². The molecule has 0 fully saturated rings. The quantitative estimate of drug-likeness (QED) is 0.478. The molecule has 0 aliphatic rings. The Morgan fingerprint density at radius 1 is 1.03 bits per heavy atom. The van der Waals surface area contributed by atoms with Gasteiger partial charge in [0, 0.05) is 25.4 Å². The zero-order valence-corrected chi connectivity index (χ0v) is 17.9. The molecule has 2 aromatic heterocycles. The lowest BCUT2D eigenvalue weighted by atomic mass is 10.1. The van der Waals surface area contributed by atoms with E-state index in [1.165, 1.54) is 0 Å². The summed E-state index contributed by atoms with van der Waals surface area (Å²) in [5, 5.41) is 12.3. The summed E-state index contributed by atoms with van der Waals surface area (Å²) in [6, 6.07) is 17.7. The van der Waals surface area contributed by atoms with E-state index in [1.807, 2.05) is 60.7 Å². The third kappa shape index (κ3) is 4.35. The van der Waals surface area contributed by atoms with E-state index in [1.54, 1.807) is 4.57 Å². The van der Waals surface area contributed by atoms with E-state index in [2.05, 4.69) is 27.6 Å². The van der Waals surface area contributed by atoms with Crippen LogP contribution in [0.1, 0.15) is 38.1 Å². The van der Waals surface area contributed by atoms with Gasteiger partial charge >= 0.3 is 0 Å². The molecule has 0 aliphatic heterocycles. The molecule has 1 atom stereocenters. The van der Waals surface area contributed by atoms with Gasteiger partial charge in [0.2, 0.25) is 11.7 Å². The molecular weight excluding hydrogens is 390 g/mol. The number of rotatable bonds is 8. The zero-order chi connectivity index (χ0) is 21.8. The molecule has 31 heavy (non-hydrogen) atoms. The highest BCUT2D eigenvalue weighted by molar-refractivity contribution is 5.80. The number of aromatic nitrogens is 4. The van der Waals surface area contributed by atoms with Gasteiger partial charge in [-0.2, -0.15) is 0 Å². The predicted octanol–water partition coefficient (Wildman–Crippen LogP) is 3.13. The van der Waals surface area contributed by atoms with Crippen LogP contribution in [0.2, 0.25) is 0 Å². The van der Waals surface area contributed by atoms with E-state index in [0.717, 1.165) is 17.5 Å². The van der Waals surface area contributed by atoms with Crippen LogP contribution in [0.15, 0.2) is 59.4 Å². The molecule has 0 radical (unpaired) electrons. The summed E-state index contributed by atoms with van der Waals surface area (Å²) in [5.41, 5.74) is 1.84. The number of para-hydroxylation sites is 1. The molecule has 0 spiro atoms. The predicted molar refractivity (Wildman–Crippen MR) is 121 cm³/mol. The Bertz CT molecular complexity index is 1260. The highest BCUT2D eigenvalue weighted by Crippen LogP contribution is 2.16. The molecule has 1 N–H and O–H groups in total. The minimum atomic E-state index is -0.0764. The second-order valence-corrected chi connectivity index (χ2v) is 7.84. The molecule has 160 valence electrons. The highest BCUT2D eigenvalue weighted by Gasteiger charge is 2.17. The van der Waals surface area contributed by atoms with Crippen molar-refractivity contribution < 1.29 is 4.79 Å². The van der Waals surface area contributed by atoms with Gasteiger partial charge in [-0.25, -0.2) is 0 Å². The summed E-state index contributed by atoms with van der Waals surface area (Å²) in [5.74, 6) is 1.18. The maximum atomic E-state index is 13.2. The van der Waals surface area contributed by atoms with Gasteiger partial charge in [0.1, 0.15) is 5.82 Å². The summed E-state index contributed by atoms with van der Waals surface area (Å²) >= 11 is 0. The third-order valence-corrected chi connectivity index (χ3v) is 5.64. The maximum absolute atomic E-state index is 13.2. The van der Waals surface area contributed by atoms with Gasteiger partial charge in [0.15, 0.2) is 0 Å². The number of carbonyl (C=O) groups is 1. The number of amides is 1. The van der Waals surface area contributed by atoms with Crippen molar-refractivity contribution in [1.82, 2.24) is 24.5 Å². The fourth-order valence-electron chi connectivity index (χ4n) is 3.74. The van der Waals surface area contributed by atoms with Gasteiger partial charge in [-0.15, -0.1) is 10.2 Å². The van der Waals surface area contributed by atoms with Gasteiger partial charge in [0.25, 0.3) is 5.56 Å². The minimum Gasteiger partial charge on any atom is -0.354 e. The van der Waals surface area contributed by atoms with Gasteiger partial charge < -0.3 is 5.32 Å². The molecule has 0 saturated carbocycles. The van der Waals surface area contributed by atoms with Crippen molar-refractivity contribution in [3.05, 3.63) is 76.3 Å². The molecule has 0 saturated heterocycles. The van der Waals surface area contributed by atoms with Crippen molar-refractivity contribution in [2.75, 3.05) is 0 Å². The lowest BCUT2D eigenvalue weighted by molar-refractivity contribution is -0.121. The molecule has 4 rings (SSSR count). The van der Waals surface area contributed by atoms with E-state index in [0.29, 0.717) is 42.8 Å². The largest absolute Gasteiger partial charge is 0.354 e. The standard InChI is InChI=1S/C24H27N5O2/c1-3-17(2)25-22(30)14-13-21-26-27-24-28(16-15-18-9-5-4-6-10-18)23(31)19-11-7-8-12-20(19)29(21)24/h4-12,17H,3,13-16H2,1-2H3,(H,25,30)/t17-/m0/s1. The van der Waals surface area contributed by atoms with Crippen LogP contribution in [0, 0.1) is 0 Å². The van der Waals surface area contributed by atoms with E-state index < -0.39 is 0 Å². The van der Waals surface area contributed by atoms with Crippen LogP contribution in [0.3, 0.4) is 0 Å². The molecular formula is C24H27N5O2. The van der Waals surface area contributed by atoms with Crippen LogP contribution in [0.4, 0.5) is 0 Å². The fourth-order valence-corrected chi connectivity index (χ4v) is 3.74. The number of aryl methyl sites for hydroxylation is 3. The minimum absolute atomic E-state index is 0.00666. The van der Waals surface area contributed by atoms with Gasteiger partial charge in [0.05, 0.1) is 10.9 Å². The monoisotopic (exact) mass is 417 g/mol. The molecule has 0 aliphatic carbocycles. The zero-order valence-electron chi connectivity index (χ0n) is 17.9. The topological polar surface area (TPSA) is 81.3 Å².